The van der Waals surface area contributed by atoms with Gasteiger partial charge in [0.05, 0.1) is 13.7 Å². The molecule has 0 radical (unpaired) electrons. The van der Waals surface area contributed by atoms with Crippen molar-refractivity contribution in [2.45, 2.75) is 26.2 Å². The minimum Gasteiger partial charge on any atom is -0.496 e. The predicted octanol–water partition coefficient (Wildman–Crippen LogP) is 4.19. The number of benzene rings is 2. The van der Waals surface area contributed by atoms with Crippen LogP contribution >= 0.6 is 0 Å². The summed E-state index contributed by atoms with van der Waals surface area (Å²) in [5.41, 5.74) is 2.76. The SMILES string of the molecule is C=CCc1cc(C(=O)NCCCc2ccccc2OCC)ccc1OC. The number of rotatable bonds is 10. The second-order valence-corrected chi connectivity index (χ2v) is 5.92. The van der Waals surface area contributed by atoms with Gasteiger partial charge in [-0.05, 0) is 61.6 Å². The van der Waals surface area contributed by atoms with Crippen molar-refractivity contribution in [3.8, 4) is 11.5 Å². The predicted molar refractivity (Wildman–Crippen MR) is 105 cm³/mol. The molecule has 0 aliphatic carbocycles. The first-order valence-electron chi connectivity index (χ1n) is 8.96. The van der Waals surface area contributed by atoms with Crippen molar-refractivity contribution in [3.63, 3.8) is 0 Å². The molecule has 138 valence electrons. The van der Waals surface area contributed by atoms with E-state index in [1.54, 1.807) is 19.3 Å². The lowest BCUT2D eigenvalue weighted by Crippen LogP contribution is -2.25. The van der Waals surface area contributed by atoms with Gasteiger partial charge in [0.2, 0.25) is 0 Å². The van der Waals surface area contributed by atoms with Crippen molar-refractivity contribution in [1.29, 1.82) is 0 Å². The molecule has 4 nitrogen and oxygen atoms in total. The van der Waals surface area contributed by atoms with Gasteiger partial charge in [-0.2, -0.15) is 0 Å². The van der Waals surface area contributed by atoms with Gasteiger partial charge in [0.15, 0.2) is 0 Å². The third-order valence-electron chi connectivity index (χ3n) is 4.09. The number of amides is 1. The van der Waals surface area contributed by atoms with Gasteiger partial charge in [0, 0.05) is 12.1 Å². The number of aryl methyl sites for hydroxylation is 1. The average Bonchev–Trinajstić information content (AvgIpc) is 2.66. The molecule has 0 heterocycles. The van der Waals surface area contributed by atoms with E-state index in [1.165, 1.54) is 5.56 Å². The van der Waals surface area contributed by atoms with Gasteiger partial charge in [0.25, 0.3) is 5.91 Å². The highest BCUT2D eigenvalue weighted by atomic mass is 16.5. The number of para-hydroxylation sites is 1. The highest BCUT2D eigenvalue weighted by Crippen LogP contribution is 2.21. The highest BCUT2D eigenvalue weighted by molar-refractivity contribution is 5.94. The van der Waals surface area contributed by atoms with Gasteiger partial charge in [-0.25, -0.2) is 0 Å². The molecule has 26 heavy (non-hydrogen) atoms. The Balaban J connectivity index is 1.89. The number of hydrogen-bond donors (Lipinski definition) is 1. The number of methoxy groups -OCH3 is 1. The summed E-state index contributed by atoms with van der Waals surface area (Å²) in [5.74, 6) is 1.62. The number of ether oxygens (including phenoxy) is 2. The zero-order valence-corrected chi connectivity index (χ0v) is 15.6. The van der Waals surface area contributed by atoms with Gasteiger partial charge in [0.1, 0.15) is 11.5 Å². The smallest absolute Gasteiger partial charge is 0.251 e. The topological polar surface area (TPSA) is 47.6 Å². The molecule has 0 aliphatic rings. The van der Waals surface area contributed by atoms with E-state index in [0.717, 1.165) is 29.9 Å². The summed E-state index contributed by atoms with van der Waals surface area (Å²) in [6.45, 7) is 6.99. The van der Waals surface area contributed by atoms with Crippen molar-refractivity contribution in [1.82, 2.24) is 5.32 Å². The molecule has 0 fully saturated rings. The molecule has 0 aliphatic heterocycles. The van der Waals surface area contributed by atoms with Gasteiger partial charge in [-0.15, -0.1) is 6.58 Å². The maximum atomic E-state index is 12.4. The third-order valence-corrected chi connectivity index (χ3v) is 4.09. The zero-order valence-electron chi connectivity index (χ0n) is 15.6. The van der Waals surface area contributed by atoms with E-state index >= 15 is 0 Å². The fourth-order valence-electron chi connectivity index (χ4n) is 2.82. The second kappa shape index (κ2) is 10.3. The molecule has 0 saturated heterocycles. The van der Waals surface area contributed by atoms with E-state index in [2.05, 4.69) is 18.0 Å². The normalized spacial score (nSPS) is 10.2. The fraction of sp³-hybridized carbons (Fsp3) is 0.318. The third kappa shape index (κ3) is 5.38. The Morgan fingerprint density at radius 1 is 1.15 bits per heavy atom. The fourth-order valence-corrected chi connectivity index (χ4v) is 2.82. The first-order chi connectivity index (χ1) is 12.7. The summed E-state index contributed by atoms with van der Waals surface area (Å²) in [7, 11) is 1.63. The lowest BCUT2D eigenvalue weighted by Gasteiger charge is -2.11. The van der Waals surface area contributed by atoms with Gasteiger partial charge >= 0.3 is 0 Å². The average molecular weight is 353 g/mol. The standard InChI is InChI=1S/C22H27NO3/c1-4-9-18-16-19(13-14-20(18)25-3)22(24)23-15-8-11-17-10-6-7-12-21(17)26-5-2/h4,6-7,10,12-14,16H,1,5,8-9,11,15H2,2-3H3,(H,23,24). The quantitative estimate of drug-likeness (QED) is 0.515. The van der Waals surface area contributed by atoms with Crippen LogP contribution in [0.5, 0.6) is 11.5 Å². The lowest BCUT2D eigenvalue weighted by molar-refractivity contribution is 0.0953. The van der Waals surface area contributed by atoms with Crippen molar-refractivity contribution in [2.75, 3.05) is 20.3 Å². The Labute approximate surface area is 155 Å². The molecule has 2 aromatic carbocycles. The van der Waals surface area contributed by atoms with Crippen molar-refractivity contribution in [3.05, 3.63) is 71.8 Å². The van der Waals surface area contributed by atoms with Crippen LogP contribution < -0.4 is 14.8 Å². The first-order valence-corrected chi connectivity index (χ1v) is 8.96. The minimum absolute atomic E-state index is 0.0731. The number of hydrogen-bond acceptors (Lipinski definition) is 3. The molecule has 0 unspecified atom stereocenters. The number of carbonyl (C=O) groups excluding carboxylic acids is 1. The van der Waals surface area contributed by atoms with E-state index < -0.39 is 0 Å². The van der Waals surface area contributed by atoms with Crippen LogP contribution in [0.1, 0.15) is 34.8 Å². The number of nitrogens with one attached hydrogen (secondary N) is 1. The van der Waals surface area contributed by atoms with E-state index in [9.17, 15) is 4.79 Å². The van der Waals surface area contributed by atoms with Gasteiger partial charge < -0.3 is 14.8 Å². The van der Waals surface area contributed by atoms with Gasteiger partial charge in [-0.3, -0.25) is 4.79 Å². The molecule has 0 saturated carbocycles. The molecule has 4 heteroatoms. The van der Waals surface area contributed by atoms with E-state index in [0.29, 0.717) is 25.1 Å². The van der Waals surface area contributed by atoms with E-state index in [-0.39, 0.29) is 5.91 Å². The van der Waals surface area contributed by atoms with Crippen LogP contribution in [0.15, 0.2) is 55.1 Å². The van der Waals surface area contributed by atoms with Crippen molar-refractivity contribution < 1.29 is 14.3 Å². The number of allylic oxidation sites excluding steroid dienone is 1. The Hall–Kier alpha value is -2.75. The number of carbonyl (C=O) groups is 1. The molecule has 2 rings (SSSR count). The Bertz CT molecular complexity index is 740. The summed E-state index contributed by atoms with van der Waals surface area (Å²) >= 11 is 0. The molecule has 0 aromatic heterocycles. The summed E-state index contributed by atoms with van der Waals surface area (Å²) in [5, 5.41) is 2.98. The van der Waals surface area contributed by atoms with Crippen LogP contribution in [0.3, 0.4) is 0 Å². The maximum absolute atomic E-state index is 12.4. The van der Waals surface area contributed by atoms with Gasteiger partial charge in [-0.1, -0.05) is 24.3 Å². The molecular formula is C22H27NO3. The van der Waals surface area contributed by atoms with E-state index in [1.807, 2.05) is 37.3 Å². The zero-order chi connectivity index (χ0) is 18.8. The van der Waals surface area contributed by atoms with E-state index in [4.69, 9.17) is 9.47 Å². The molecule has 1 N–H and O–H groups in total. The van der Waals surface area contributed by atoms with Crippen LogP contribution in [-0.4, -0.2) is 26.2 Å². The second-order valence-electron chi connectivity index (χ2n) is 5.92. The van der Waals surface area contributed by atoms with Crippen LogP contribution in [0, 0.1) is 0 Å². The molecule has 1 amide bonds. The van der Waals surface area contributed by atoms with Crippen LogP contribution in [0.4, 0.5) is 0 Å². The van der Waals surface area contributed by atoms with Crippen LogP contribution in [-0.2, 0) is 12.8 Å². The largest absolute Gasteiger partial charge is 0.496 e. The first kappa shape index (κ1) is 19.6. The summed E-state index contributed by atoms with van der Waals surface area (Å²) < 4.78 is 11.0. The monoisotopic (exact) mass is 353 g/mol. The Kier molecular flexibility index (Phi) is 7.75. The summed E-state index contributed by atoms with van der Waals surface area (Å²) in [4.78, 5) is 12.4. The Morgan fingerprint density at radius 2 is 1.96 bits per heavy atom. The summed E-state index contributed by atoms with van der Waals surface area (Å²) in [6, 6.07) is 13.5. The summed E-state index contributed by atoms with van der Waals surface area (Å²) in [6.07, 6.45) is 4.18. The molecular weight excluding hydrogens is 326 g/mol. The molecule has 0 atom stereocenters. The van der Waals surface area contributed by atoms with Crippen molar-refractivity contribution >= 4 is 5.91 Å². The van der Waals surface area contributed by atoms with Crippen LogP contribution in [0.25, 0.3) is 0 Å². The molecule has 0 bridgehead atoms. The van der Waals surface area contributed by atoms with Crippen molar-refractivity contribution in [2.24, 2.45) is 0 Å². The minimum atomic E-state index is -0.0731. The highest BCUT2D eigenvalue weighted by Gasteiger charge is 2.09. The molecule has 2 aromatic rings. The molecule has 0 spiro atoms. The van der Waals surface area contributed by atoms with Crippen LogP contribution in [0.2, 0.25) is 0 Å². The maximum Gasteiger partial charge on any atom is 0.251 e. The lowest BCUT2D eigenvalue weighted by atomic mass is 10.1. The Morgan fingerprint density at radius 3 is 2.69 bits per heavy atom.